The van der Waals surface area contributed by atoms with Crippen LogP contribution in [0.25, 0.3) is 22.0 Å². The van der Waals surface area contributed by atoms with E-state index in [1.165, 1.54) is 13.8 Å². The molecule has 3 N–H and O–H groups in total. The zero-order valence-corrected chi connectivity index (χ0v) is 43.5. The number of aromatic nitrogens is 5. The van der Waals surface area contributed by atoms with E-state index in [0.717, 1.165) is 42.7 Å². The summed E-state index contributed by atoms with van der Waals surface area (Å²) in [5, 5.41) is 8.38. The van der Waals surface area contributed by atoms with Crippen molar-refractivity contribution in [1.29, 1.82) is 0 Å². The third-order valence-electron chi connectivity index (χ3n) is 12.9. The average Bonchev–Trinajstić information content (AvgIpc) is 4.30. The molecule has 33 heteroatoms. The quantitative estimate of drug-likeness (QED) is 0.0301. The number of hydrogen-bond acceptors (Lipinski definition) is 13. The van der Waals surface area contributed by atoms with Gasteiger partial charge in [-0.2, -0.15) is 49.6 Å². The topological polar surface area (TPSA) is 259 Å². The summed E-state index contributed by atoms with van der Waals surface area (Å²) >= 11 is 6.64. The first-order chi connectivity index (χ1) is 35.8. The molecule has 2 fully saturated rings. The molecule has 5 aromatic rings. The second-order valence-corrected chi connectivity index (χ2v) is 25.1. The summed E-state index contributed by atoms with van der Waals surface area (Å²) in [6.07, 6.45) is -10.7. The molecule has 0 saturated heterocycles. The predicted molar refractivity (Wildman–Crippen MR) is 251 cm³/mol. The Hall–Kier alpha value is -6.16. The van der Waals surface area contributed by atoms with Crippen LogP contribution in [0.3, 0.4) is 0 Å². The third-order valence-corrected chi connectivity index (χ3v) is 16.6. The van der Waals surface area contributed by atoms with E-state index in [1.54, 1.807) is 0 Å². The molecule has 3 aliphatic carbocycles. The minimum absolute atomic E-state index is 0.0475. The molecule has 3 heterocycles. The fourth-order valence-electron chi connectivity index (χ4n) is 8.96. The first-order valence-electron chi connectivity index (χ1n) is 22.5. The summed E-state index contributed by atoms with van der Waals surface area (Å²) in [4.78, 5) is 63.3. The number of pyridine rings is 1. The van der Waals surface area contributed by atoms with Gasteiger partial charge >= 0.3 is 26.1 Å². The zero-order chi connectivity index (χ0) is 57.8. The summed E-state index contributed by atoms with van der Waals surface area (Å²) in [5.74, 6) is -12.3. The van der Waals surface area contributed by atoms with Crippen LogP contribution >= 0.6 is 19.4 Å². The van der Waals surface area contributed by atoms with Crippen molar-refractivity contribution < 1.29 is 98.7 Å². The lowest BCUT2D eigenvalue weighted by atomic mass is 9.93. The maximum Gasteiger partial charge on any atom is 0.472 e. The van der Waals surface area contributed by atoms with Crippen LogP contribution in [-0.4, -0.2) is 99.2 Å². The number of anilines is 1. The van der Waals surface area contributed by atoms with Gasteiger partial charge in [0.2, 0.25) is 28.6 Å². The molecule has 2 saturated carbocycles. The van der Waals surface area contributed by atoms with Crippen LogP contribution in [0, 0.1) is 41.2 Å². The van der Waals surface area contributed by atoms with Gasteiger partial charge in [-0.05, 0) is 80.8 Å². The van der Waals surface area contributed by atoms with Gasteiger partial charge in [0.1, 0.15) is 40.9 Å². The minimum atomic E-state index is -5.26. The molecule has 3 aromatic heterocycles. The van der Waals surface area contributed by atoms with E-state index in [9.17, 15) is 70.9 Å². The molecule has 420 valence electrons. The van der Waals surface area contributed by atoms with Crippen LogP contribution < -0.4 is 9.62 Å². The third kappa shape index (κ3) is 11.9. The van der Waals surface area contributed by atoms with Gasteiger partial charge in [0, 0.05) is 34.9 Å². The molecule has 2 amide bonds. The number of carbonyl (C=O) groups is 3. The summed E-state index contributed by atoms with van der Waals surface area (Å²) in [7, 11) is -14.1. The van der Waals surface area contributed by atoms with Crippen molar-refractivity contribution in [1.82, 2.24) is 29.9 Å². The second kappa shape index (κ2) is 19.9. The Morgan fingerprint density at radius 1 is 0.949 bits per heavy atom. The number of carbonyl (C=O) groups excluding carboxylic acids is 3. The lowest BCUT2D eigenvalue weighted by Crippen LogP contribution is -2.38. The van der Waals surface area contributed by atoms with Crippen molar-refractivity contribution in [2.45, 2.75) is 81.2 Å². The number of hydrogen-bond donors (Lipinski definition) is 3. The minimum Gasteiger partial charge on any atom is -0.438 e. The van der Waals surface area contributed by atoms with Crippen LogP contribution in [0.4, 0.5) is 49.7 Å². The molecular formula is C45H39ClF10N7O12PS2. The van der Waals surface area contributed by atoms with Crippen LogP contribution in [0.15, 0.2) is 42.5 Å². The van der Waals surface area contributed by atoms with Gasteiger partial charge in [-0.15, -0.1) is 0 Å². The maximum absolute atomic E-state index is 15.6. The number of sulfonamides is 1. The fourth-order valence-corrected chi connectivity index (χ4v) is 10.5. The van der Waals surface area contributed by atoms with Crippen molar-refractivity contribution >= 4 is 73.8 Å². The number of phosphoric acid groups is 1. The van der Waals surface area contributed by atoms with E-state index >= 15 is 8.78 Å². The highest BCUT2D eigenvalue weighted by molar-refractivity contribution is 7.93. The molecule has 3 aliphatic rings. The summed E-state index contributed by atoms with van der Waals surface area (Å²) in [6, 6.07) is 4.36. The predicted octanol–water partition coefficient (Wildman–Crippen LogP) is 6.83. The Kier molecular flexibility index (Phi) is 14.8. The van der Waals surface area contributed by atoms with E-state index in [1.807, 2.05) is 0 Å². The first kappa shape index (κ1) is 58.0. The number of sulfone groups is 1. The largest absolute Gasteiger partial charge is 0.472 e. The van der Waals surface area contributed by atoms with E-state index in [0.29, 0.717) is 12.3 Å². The second-order valence-electron chi connectivity index (χ2n) is 19.0. The molecule has 5 atom stereocenters. The van der Waals surface area contributed by atoms with Gasteiger partial charge in [-0.3, -0.25) is 23.7 Å². The standard InChI is InChI=1S/C45H39ClF10N7O12PS2/c1-42(2,77(3,70)71)10-9-23-5-6-24(35(57-23)31(13-20-11-21(47)14-22(48)12-20)58-32(64)17-61-38-33(37(59-61)45(54,55)56)28-16-29(28)44(38,52)53)25-7-8-30(46)34-36(25)62(18-43(49,50)51)60-39(34)63(78(4,72)73)40(65)26-15-27(26)41(66)74-19-75-76(67,68)69/h5-8,11-12,14,26-29,31H,13,15-19H2,1-4H3,(H,58,64)(H2,67,68,69)/t26-,27+,28-,29+,31-/m0/s1. The monoisotopic (exact) mass is 1190 g/mol. The number of ether oxygens (including phenoxy) is 1. The number of esters is 1. The number of halogens is 11. The summed E-state index contributed by atoms with van der Waals surface area (Å²) in [5.41, 5.74) is -6.42. The van der Waals surface area contributed by atoms with Crippen LogP contribution in [0.1, 0.15) is 72.6 Å². The van der Waals surface area contributed by atoms with Crippen molar-refractivity contribution in [2.75, 3.05) is 23.6 Å². The first-order valence-corrected chi connectivity index (χ1v) is 28.1. The average molecular weight is 1190 g/mol. The SMILES string of the molecule is CC(C)(C#Cc1ccc(-c2ccc(Cl)c3c(N(C(=O)[C@H]4C[C@H]4C(=O)OCOP(=O)(O)O)S(C)(=O)=O)nn(CC(F)(F)F)c23)c([C@H](Cc2cc(F)cc(F)c2)NC(=O)Cn2nc(C(F)(F)F)c3c2C(F)(F)[C@@H]2C[C@H]32)n1)S(C)(=O)=O. The van der Waals surface area contributed by atoms with Gasteiger partial charge in [0.05, 0.1) is 45.8 Å². The number of amides is 2. The lowest BCUT2D eigenvalue weighted by Gasteiger charge is -2.23. The van der Waals surface area contributed by atoms with E-state index in [-0.39, 0.29) is 36.9 Å². The number of alkyl halides is 8. The molecule has 0 radical (unpaired) electrons. The van der Waals surface area contributed by atoms with Gasteiger partial charge in [-0.25, -0.2) is 39.7 Å². The van der Waals surface area contributed by atoms with Crippen molar-refractivity contribution in [3.8, 4) is 23.0 Å². The highest BCUT2D eigenvalue weighted by Crippen LogP contribution is 2.68. The fraction of sp³-hybridized carbons (Fsp3) is 0.422. The lowest BCUT2D eigenvalue weighted by molar-refractivity contribution is -0.153. The Labute approximate surface area is 439 Å². The van der Waals surface area contributed by atoms with E-state index in [4.69, 9.17) is 21.4 Å². The van der Waals surface area contributed by atoms with Gasteiger partial charge in [-0.1, -0.05) is 23.6 Å². The Bertz CT molecular complexity index is 3670. The molecule has 78 heavy (non-hydrogen) atoms. The molecule has 19 nitrogen and oxygen atoms in total. The molecule has 8 rings (SSSR count). The number of fused-ring (bicyclic) bond motifs is 4. The van der Waals surface area contributed by atoms with E-state index in [2.05, 4.69) is 41.6 Å². The number of nitrogens with one attached hydrogen (secondary N) is 1. The number of phosphoric ester groups is 1. The van der Waals surface area contributed by atoms with Gasteiger partial charge in [0.15, 0.2) is 21.3 Å². The number of rotatable bonds is 16. The Morgan fingerprint density at radius 2 is 1.59 bits per heavy atom. The summed E-state index contributed by atoms with van der Waals surface area (Å²) < 4.78 is 218. The molecule has 0 aliphatic heterocycles. The highest BCUT2D eigenvalue weighted by atomic mass is 35.5. The molecular weight excluding hydrogens is 1150 g/mol. The molecule has 0 unspecified atom stereocenters. The van der Waals surface area contributed by atoms with E-state index < -0.39 is 193 Å². The molecule has 2 aromatic carbocycles. The molecule has 0 spiro atoms. The van der Waals surface area contributed by atoms with Crippen molar-refractivity contribution in [3.05, 3.63) is 93.0 Å². The van der Waals surface area contributed by atoms with Crippen molar-refractivity contribution in [2.24, 2.45) is 17.8 Å². The van der Waals surface area contributed by atoms with Crippen LogP contribution in [-0.2, 0) is 79.7 Å². The van der Waals surface area contributed by atoms with Crippen LogP contribution in [0.2, 0.25) is 5.02 Å². The normalized spacial score (nSPS) is 19.3. The zero-order valence-electron chi connectivity index (χ0n) is 40.3. The summed E-state index contributed by atoms with van der Waals surface area (Å²) in [6.45, 7) is -2.31. The smallest absolute Gasteiger partial charge is 0.438 e. The van der Waals surface area contributed by atoms with Gasteiger partial charge < -0.3 is 19.8 Å². The number of nitrogens with zero attached hydrogens (tertiary/aromatic N) is 6. The van der Waals surface area contributed by atoms with Crippen molar-refractivity contribution in [3.63, 3.8) is 0 Å². The molecule has 0 bridgehead atoms. The Balaban J connectivity index is 1.32. The Morgan fingerprint density at radius 3 is 2.18 bits per heavy atom. The maximum atomic E-state index is 15.6. The van der Waals surface area contributed by atoms with Crippen LogP contribution in [0.5, 0.6) is 0 Å². The van der Waals surface area contributed by atoms with Gasteiger partial charge in [0.25, 0.3) is 5.92 Å². The highest BCUT2D eigenvalue weighted by Gasteiger charge is 2.68. The number of benzene rings is 2.